The number of aromatic nitrogens is 2. The van der Waals surface area contributed by atoms with Crippen LogP contribution >= 0.6 is 0 Å². The second kappa shape index (κ2) is 9.99. The molecule has 0 fully saturated rings. The molecule has 2 heterocycles. The molecule has 0 spiro atoms. The predicted octanol–water partition coefficient (Wildman–Crippen LogP) is 4.69. The fourth-order valence-corrected chi connectivity index (χ4v) is 4.44. The average Bonchev–Trinajstić information content (AvgIpc) is 3.40. The number of hydrogen-bond donors (Lipinski definition) is 0. The second-order valence-electron chi connectivity index (χ2n) is 8.59. The summed E-state index contributed by atoms with van der Waals surface area (Å²) in [5, 5.41) is 16.5. The largest absolute Gasteiger partial charge is 0.497 e. The molecule has 37 heavy (non-hydrogen) atoms. The fraction of sp³-hybridized carbons (Fsp3) is 0.172. The van der Waals surface area contributed by atoms with Gasteiger partial charge < -0.3 is 9.47 Å². The first-order valence-corrected chi connectivity index (χ1v) is 11.8. The van der Waals surface area contributed by atoms with Gasteiger partial charge in [-0.05, 0) is 47.5 Å². The van der Waals surface area contributed by atoms with E-state index < -0.39 is 5.56 Å². The molecule has 1 aliphatic heterocycles. The number of benzene rings is 3. The van der Waals surface area contributed by atoms with Gasteiger partial charge in [0, 0.05) is 19.0 Å². The summed E-state index contributed by atoms with van der Waals surface area (Å²) in [5.74, 6) is 1.86. The van der Waals surface area contributed by atoms with Crippen LogP contribution in [0.2, 0.25) is 0 Å². The Labute approximate surface area is 214 Å². The summed E-state index contributed by atoms with van der Waals surface area (Å²) in [6.07, 6.45) is 0.592. The van der Waals surface area contributed by atoms with E-state index >= 15 is 0 Å². The zero-order chi connectivity index (χ0) is 25.9. The van der Waals surface area contributed by atoms with Crippen LogP contribution in [-0.4, -0.2) is 29.5 Å². The van der Waals surface area contributed by atoms with Gasteiger partial charge in [-0.2, -0.15) is 10.4 Å². The Kier molecular flexibility index (Phi) is 6.43. The van der Waals surface area contributed by atoms with E-state index in [-0.39, 0.29) is 11.6 Å². The molecule has 0 bridgehead atoms. The van der Waals surface area contributed by atoms with E-state index in [2.05, 4.69) is 0 Å². The number of rotatable bonds is 6. The first-order valence-electron chi connectivity index (χ1n) is 11.8. The summed E-state index contributed by atoms with van der Waals surface area (Å²) in [6, 6.07) is 26.6. The standard InChI is InChI=1S/C29H25N5O3/c1-33-28(35)24(18-30)27(21-7-5-4-6-8-21)31-29(33)34-26(20-11-15-23(37-3)16-12-20)17-25(32-34)19-9-13-22(36-2)14-10-19/h4-16,26H,17H2,1-3H3. The van der Waals surface area contributed by atoms with E-state index in [0.717, 1.165) is 28.3 Å². The van der Waals surface area contributed by atoms with Gasteiger partial charge in [-0.1, -0.05) is 42.5 Å². The van der Waals surface area contributed by atoms with Gasteiger partial charge in [0.25, 0.3) is 5.56 Å². The first kappa shape index (κ1) is 23.8. The maximum absolute atomic E-state index is 13.3. The average molecular weight is 492 g/mol. The monoisotopic (exact) mass is 491 g/mol. The summed E-state index contributed by atoms with van der Waals surface area (Å²) < 4.78 is 12.0. The maximum atomic E-state index is 13.3. The number of methoxy groups -OCH3 is 2. The Morgan fingerprint density at radius 3 is 2.11 bits per heavy atom. The minimum Gasteiger partial charge on any atom is -0.497 e. The van der Waals surface area contributed by atoms with Gasteiger partial charge in [0.15, 0.2) is 0 Å². The van der Waals surface area contributed by atoms with Crippen molar-refractivity contribution in [1.82, 2.24) is 9.55 Å². The minimum atomic E-state index is -0.423. The molecular weight excluding hydrogens is 466 g/mol. The molecule has 1 aliphatic rings. The van der Waals surface area contributed by atoms with Crippen molar-refractivity contribution in [1.29, 1.82) is 5.26 Å². The highest BCUT2D eigenvalue weighted by Crippen LogP contribution is 2.37. The normalized spacial score (nSPS) is 14.7. The molecule has 0 radical (unpaired) electrons. The zero-order valence-electron chi connectivity index (χ0n) is 20.8. The van der Waals surface area contributed by atoms with Crippen LogP contribution in [0.4, 0.5) is 5.95 Å². The molecule has 5 rings (SSSR count). The molecule has 0 saturated carbocycles. The van der Waals surface area contributed by atoms with E-state index in [4.69, 9.17) is 19.6 Å². The summed E-state index contributed by atoms with van der Waals surface area (Å²) in [5.41, 5.74) is 3.39. The molecule has 8 nitrogen and oxygen atoms in total. The lowest BCUT2D eigenvalue weighted by molar-refractivity contribution is 0.414. The van der Waals surface area contributed by atoms with Gasteiger partial charge in [-0.3, -0.25) is 9.36 Å². The fourth-order valence-electron chi connectivity index (χ4n) is 4.44. The number of anilines is 1. The number of nitrogens with zero attached hydrogens (tertiary/aromatic N) is 5. The summed E-state index contributed by atoms with van der Waals surface area (Å²) in [6.45, 7) is 0. The highest BCUT2D eigenvalue weighted by atomic mass is 16.5. The van der Waals surface area contributed by atoms with Crippen LogP contribution in [-0.2, 0) is 7.05 Å². The number of nitriles is 1. The van der Waals surface area contributed by atoms with E-state index in [9.17, 15) is 10.1 Å². The lowest BCUT2D eigenvalue weighted by Crippen LogP contribution is -2.31. The van der Waals surface area contributed by atoms with Gasteiger partial charge in [0.2, 0.25) is 5.95 Å². The Hall–Kier alpha value is -4.90. The minimum absolute atomic E-state index is 0.00278. The van der Waals surface area contributed by atoms with Crippen molar-refractivity contribution in [3.05, 3.63) is 106 Å². The molecule has 3 aromatic carbocycles. The molecule has 0 amide bonds. The van der Waals surface area contributed by atoms with Crippen LogP contribution in [0.15, 0.2) is 88.8 Å². The molecule has 8 heteroatoms. The van der Waals surface area contributed by atoms with Crippen molar-refractivity contribution < 1.29 is 9.47 Å². The first-order chi connectivity index (χ1) is 18.0. The van der Waals surface area contributed by atoms with Crippen molar-refractivity contribution in [2.75, 3.05) is 19.2 Å². The molecule has 184 valence electrons. The van der Waals surface area contributed by atoms with E-state index in [1.54, 1.807) is 26.3 Å². The van der Waals surface area contributed by atoms with Crippen LogP contribution in [0.1, 0.15) is 29.2 Å². The van der Waals surface area contributed by atoms with Crippen molar-refractivity contribution in [2.24, 2.45) is 12.1 Å². The number of hydrogen-bond acceptors (Lipinski definition) is 7. The number of hydrazone groups is 1. The van der Waals surface area contributed by atoms with Gasteiger partial charge in [-0.15, -0.1) is 0 Å². The van der Waals surface area contributed by atoms with Crippen LogP contribution < -0.4 is 20.0 Å². The molecule has 1 aromatic heterocycles. The molecule has 0 saturated heterocycles. The predicted molar refractivity (Wildman–Crippen MR) is 142 cm³/mol. The molecule has 4 aromatic rings. The van der Waals surface area contributed by atoms with Crippen molar-refractivity contribution in [2.45, 2.75) is 12.5 Å². The van der Waals surface area contributed by atoms with Gasteiger partial charge in [0.1, 0.15) is 23.1 Å². The summed E-state index contributed by atoms with van der Waals surface area (Å²) in [4.78, 5) is 18.2. The second-order valence-corrected chi connectivity index (χ2v) is 8.59. The van der Waals surface area contributed by atoms with Gasteiger partial charge in [-0.25, -0.2) is 9.99 Å². The third kappa shape index (κ3) is 4.43. The summed E-state index contributed by atoms with van der Waals surface area (Å²) in [7, 11) is 4.88. The molecular formula is C29H25N5O3. The SMILES string of the molecule is COc1ccc(C2=NN(c3nc(-c4ccccc4)c(C#N)c(=O)n3C)C(c3ccc(OC)cc3)C2)cc1. The third-order valence-electron chi connectivity index (χ3n) is 6.47. The lowest BCUT2D eigenvalue weighted by Gasteiger charge is -2.25. The zero-order valence-corrected chi connectivity index (χ0v) is 20.8. The molecule has 0 aliphatic carbocycles. The molecule has 1 unspecified atom stereocenters. The van der Waals surface area contributed by atoms with Crippen LogP contribution in [0.5, 0.6) is 11.5 Å². The highest BCUT2D eigenvalue weighted by molar-refractivity contribution is 6.03. The lowest BCUT2D eigenvalue weighted by atomic mass is 9.98. The van der Waals surface area contributed by atoms with Crippen LogP contribution in [0.3, 0.4) is 0 Å². The van der Waals surface area contributed by atoms with Crippen LogP contribution in [0, 0.1) is 11.3 Å². The van der Waals surface area contributed by atoms with Crippen molar-refractivity contribution >= 4 is 11.7 Å². The Bertz CT molecular complexity index is 1550. The molecule has 1 atom stereocenters. The summed E-state index contributed by atoms with van der Waals surface area (Å²) >= 11 is 0. The van der Waals surface area contributed by atoms with E-state index in [1.165, 1.54) is 4.57 Å². The smallest absolute Gasteiger partial charge is 0.273 e. The van der Waals surface area contributed by atoms with Crippen molar-refractivity contribution in [3.63, 3.8) is 0 Å². The Balaban J connectivity index is 1.67. The van der Waals surface area contributed by atoms with Crippen molar-refractivity contribution in [3.8, 4) is 28.8 Å². The Morgan fingerprint density at radius 1 is 0.892 bits per heavy atom. The van der Waals surface area contributed by atoms with Gasteiger partial charge in [0.05, 0.1) is 31.7 Å². The maximum Gasteiger partial charge on any atom is 0.273 e. The topological polar surface area (TPSA) is 92.7 Å². The van der Waals surface area contributed by atoms with Crippen LogP contribution in [0.25, 0.3) is 11.3 Å². The molecule has 0 N–H and O–H groups in total. The third-order valence-corrected chi connectivity index (χ3v) is 6.47. The van der Waals surface area contributed by atoms with Gasteiger partial charge >= 0.3 is 0 Å². The number of ether oxygens (including phenoxy) is 2. The quantitative estimate of drug-likeness (QED) is 0.388. The van der Waals surface area contributed by atoms with E-state index in [1.807, 2.05) is 84.9 Å². The highest BCUT2D eigenvalue weighted by Gasteiger charge is 2.33. The van der Waals surface area contributed by atoms with E-state index in [0.29, 0.717) is 23.6 Å². The Morgan fingerprint density at radius 2 is 1.51 bits per heavy atom.